The maximum Gasteiger partial charge on any atom is 0.252 e. The number of rotatable bonds is 3. The molecule has 2 N–H and O–H groups in total. The van der Waals surface area contributed by atoms with Crippen LogP contribution >= 0.6 is 39.9 Å². The minimum atomic E-state index is -0.0668. The van der Waals surface area contributed by atoms with E-state index in [0.717, 1.165) is 36.9 Å². The third kappa shape index (κ3) is 4.95. The van der Waals surface area contributed by atoms with Gasteiger partial charge in [-0.15, -0.1) is 12.4 Å². The Hall–Kier alpha value is -0.290. The fraction of sp³-hybridized carbons (Fsp3) is 0.462. The van der Waals surface area contributed by atoms with Crippen LogP contribution in [0, 0.1) is 5.92 Å². The Morgan fingerprint density at radius 1 is 1.42 bits per heavy atom. The predicted octanol–water partition coefficient (Wildman–Crippen LogP) is 3.25. The summed E-state index contributed by atoms with van der Waals surface area (Å²) in [5.74, 6) is 0.510. The molecule has 0 radical (unpaired) electrons. The van der Waals surface area contributed by atoms with Crippen LogP contribution in [0.25, 0.3) is 0 Å². The van der Waals surface area contributed by atoms with Gasteiger partial charge in [0, 0.05) is 16.0 Å². The fourth-order valence-electron chi connectivity index (χ4n) is 2.09. The first-order valence-electron chi connectivity index (χ1n) is 6.11. The predicted molar refractivity (Wildman–Crippen MR) is 84.3 cm³/mol. The zero-order valence-corrected chi connectivity index (χ0v) is 13.6. The fourth-order valence-corrected chi connectivity index (χ4v) is 2.69. The Bertz CT molecular complexity index is 437. The molecule has 1 amide bonds. The van der Waals surface area contributed by atoms with Gasteiger partial charge >= 0.3 is 0 Å². The average Bonchev–Trinajstić information content (AvgIpc) is 2.40. The molecule has 0 atom stereocenters. The molecule has 19 heavy (non-hydrogen) atoms. The van der Waals surface area contributed by atoms with Gasteiger partial charge in [0.1, 0.15) is 0 Å². The van der Waals surface area contributed by atoms with Crippen molar-refractivity contribution in [3.05, 3.63) is 33.3 Å². The maximum atomic E-state index is 12.0. The highest BCUT2D eigenvalue weighted by Gasteiger charge is 2.15. The topological polar surface area (TPSA) is 41.1 Å². The molecule has 1 aromatic carbocycles. The second-order valence-corrected chi connectivity index (χ2v) is 5.82. The molecule has 1 aliphatic heterocycles. The number of nitrogens with one attached hydrogen (secondary N) is 2. The number of carbonyl (C=O) groups excluding carboxylic acids is 1. The highest BCUT2D eigenvalue weighted by Crippen LogP contribution is 2.21. The van der Waals surface area contributed by atoms with Crippen LogP contribution in [-0.4, -0.2) is 25.5 Å². The summed E-state index contributed by atoms with van der Waals surface area (Å²) in [4.78, 5) is 12.0. The molecule has 1 heterocycles. The summed E-state index contributed by atoms with van der Waals surface area (Å²) >= 11 is 9.27. The van der Waals surface area contributed by atoms with Gasteiger partial charge in [-0.3, -0.25) is 4.79 Å². The lowest BCUT2D eigenvalue weighted by atomic mass is 9.98. The van der Waals surface area contributed by atoms with E-state index in [2.05, 4.69) is 26.6 Å². The summed E-state index contributed by atoms with van der Waals surface area (Å²) in [5.41, 5.74) is 0.594. The van der Waals surface area contributed by atoms with E-state index in [4.69, 9.17) is 11.6 Å². The van der Waals surface area contributed by atoms with Crippen molar-refractivity contribution >= 4 is 45.8 Å². The Kier molecular flexibility index (Phi) is 7.15. The molecule has 1 aromatic rings. The first-order chi connectivity index (χ1) is 8.66. The minimum Gasteiger partial charge on any atom is -0.352 e. The van der Waals surface area contributed by atoms with Crippen LogP contribution in [0.15, 0.2) is 22.7 Å². The van der Waals surface area contributed by atoms with E-state index in [1.807, 2.05) is 0 Å². The van der Waals surface area contributed by atoms with E-state index < -0.39 is 0 Å². The van der Waals surface area contributed by atoms with Gasteiger partial charge in [0.05, 0.1) is 5.56 Å². The van der Waals surface area contributed by atoms with Crippen molar-refractivity contribution in [2.24, 2.45) is 5.92 Å². The molecule has 2 rings (SSSR count). The molecule has 106 valence electrons. The van der Waals surface area contributed by atoms with Crippen LogP contribution in [-0.2, 0) is 0 Å². The van der Waals surface area contributed by atoms with Gasteiger partial charge in [0.2, 0.25) is 0 Å². The number of piperidine rings is 1. The van der Waals surface area contributed by atoms with Crippen LogP contribution in [0.2, 0.25) is 5.02 Å². The van der Waals surface area contributed by atoms with E-state index in [1.165, 1.54) is 0 Å². The SMILES string of the molecule is Cl.O=C(NCC1CCNCC1)c1cc(Cl)ccc1Br. The molecule has 1 aliphatic rings. The molecule has 1 saturated heterocycles. The molecule has 0 saturated carbocycles. The average molecular weight is 368 g/mol. The lowest BCUT2D eigenvalue weighted by Crippen LogP contribution is -2.36. The first-order valence-corrected chi connectivity index (χ1v) is 7.28. The number of hydrogen-bond donors (Lipinski definition) is 2. The van der Waals surface area contributed by atoms with Crippen LogP contribution in [0.4, 0.5) is 0 Å². The van der Waals surface area contributed by atoms with Crippen LogP contribution < -0.4 is 10.6 Å². The van der Waals surface area contributed by atoms with Gasteiger partial charge in [0.15, 0.2) is 0 Å². The number of halogens is 3. The van der Waals surface area contributed by atoms with Crippen molar-refractivity contribution in [1.82, 2.24) is 10.6 Å². The highest BCUT2D eigenvalue weighted by molar-refractivity contribution is 9.10. The van der Waals surface area contributed by atoms with Gasteiger partial charge < -0.3 is 10.6 Å². The Labute approximate surface area is 133 Å². The van der Waals surface area contributed by atoms with Gasteiger partial charge in [-0.05, 0) is 66.0 Å². The van der Waals surface area contributed by atoms with E-state index in [0.29, 0.717) is 16.5 Å². The molecule has 0 spiro atoms. The van der Waals surface area contributed by atoms with Crippen molar-refractivity contribution in [2.75, 3.05) is 19.6 Å². The van der Waals surface area contributed by atoms with E-state index in [1.54, 1.807) is 18.2 Å². The Balaban J connectivity index is 0.00000180. The normalized spacial score (nSPS) is 15.7. The summed E-state index contributed by atoms with van der Waals surface area (Å²) in [6, 6.07) is 5.24. The zero-order valence-electron chi connectivity index (χ0n) is 10.4. The smallest absolute Gasteiger partial charge is 0.252 e. The van der Waals surface area contributed by atoms with Crippen molar-refractivity contribution < 1.29 is 4.79 Å². The molecule has 6 heteroatoms. The second-order valence-electron chi connectivity index (χ2n) is 4.53. The quantitative estimate of drug-likeness (QED) is 0.860. The molecule has 0 bridgehead atoms. The summed E-state index contributed by atoms with van der Waals surface area (Å²) in [5, 5.41) is 6.87. The van der Waals surface area contributed by atoms with Gasteiger partial charge in [-0.2, -0.15) is 0 Å². The van der Waals surface area contributed by atoms with E-state index >= 15 is 0 Å². The summed E-state index contributed by atoms with van der Waals surface area (Å²) < 4.78 is 0.773. The molecule has 0 aliphatic carbocycles. The lowest BCUT2D eigenvalue weighted by Gasteiger charge is -2.22. The minimum absolute atomic E-state index is 0. The number of carbonyl (C=O) groups is 1. The van der Waals surface area contributed by atoms with E-state index in [-0.39, 0.29) is 18.3 Å². The molecular weight excluding hydrogens is 351 g/mol. The zero-order chi connectivity index (χ0) is 13.0. The largest absolute Gasteiger partial charge is 0.352 e. The molecular formula is C13H17BrCl2N2O. The highest BCUT2D eigenvalue weighted by atomic mass is 79.9. The van der Waals surface area contributed by atoms with Gasteiger partial charge in [-0.25, -0.2) is 0 Å². The maximum absolute atomic E-state index is 12.0. The van der Waals surface area contributed by atoms with Crippen LogP contribution in [0.3, 0.4) is 0 Å². The molecule has 0 unspecified atom stereocenters. The molecule has 3 nitrogen and oxygen atoms in total. The number of hydrogen-bond acceptors (Lipinski definition) is 2. The van der Waals surface area contributed by atoms with Gasteiger partial charge in [-0.1, -0.05) is 11.6 Å². The standard InChI is InChI=1S/C13H16BrClN2O.ClH/c14-12-2-1-10(15)7-11(12)13(18)17-8-9-3-5-16-6-4-9;/h1-2,7,9,16H,3-6,8H2,(H,17,18);1H. The van der Waals surface area contributed by atoms with Gasteiger partial charge in [0.25, 0.3) is 5.91 Å². The van der Waals surface area contributed by atoms with Crippen molar-refractivity contribution in [3.63, 3.8) is 0 Å². The number of amides is 1. The Morgan fingerprint density at radius 3 is 2.79 bits per heavy atom. The van der Waals surface area contributed by atoms with Crippen molar-refractivity contribution in [3.8, 4) is 0 Å². The second kappa shape index (κ2) is 8.10. The number of benzene rings is 1. The van der Waals surface area contributed by atoms with E-state index in [9.17, 15) is 4.79 Å². The van der Waals surface area contributed by atoms with Crippen LogP contribution in [0.5, 0.6) is 0 Å². The summed E-state index contributed by atoms with van der Waals surface area (Å²) in [7, 11) is 0. The van der Waals surface area contributed by atoms with Crippen molar-refractivity contribution in [2.45, 2.75) is 12.8 Å². The lowest BCUT2D eigenvalue weighted by molar-refractivity contribution is 0.0943. The third-order valence-electron chi connectivity index (χ3n) is 3.18. The molecule has 0 aromatic heterocycles. The van der Waals surface area contributed by atoms with Crippen molar-refractivity contribution in [1.29, 1.82) is 0 Å². The summed E-state index contributed by atoms with van der Waals surface area (Å²) in [6.07, 6.45) is 2.24. The van der Waals surface area contributed by atoms with Crippen LogP contribution in [0.1, 0.15) is 23.2 Å². The first kappa shape index (κ1) is 16.8. The summed E-state index contributed by atoms with van der Waals surface area (Å²) in [6.45, 7) is 2.82. The molecule has 1 fully saturated rings. The third-order valence-corrected chi connectivity index (χ3v) is 4.11. The Morgan fingerprint density at radius 2 is 2.11 bits per heavy atom. The monoisotopic (exact) mass is 366 g/mol.